The maximum atomic E-state index is 10.9. The molecular formula is C8H3BrN4O6. The van der Waals surface area contributed by atoms with Gasteiger partial charge in [0, 0.05) is 0 Å². The zero-order chi connectivity index (χ0) is 13.4. The van der Waals surface area contributed by atoms with E-state index < -0.39 is 33.0 Å². The van der Waals surface area contributed by atoms with Gasteiger partial charge in [0.15, 0.2) is 0 Å². The van der Waals surface area contributed by atoms with Gasteiger partial charge in [-0.05, 0) is 0 Å². The third kappa shape index (κ3) is 2.49. The molecule has 0 fully saturated rings. The Morgan fingerprint density at radius 2 is 1.16 bits per heavy atom. The lowest BCUT2D eigenvalue weighted by atomic mass is 10.2. The number of hydrogen-bond donors (Lipinski definition) is 0. The molecule has 19 heavy (non-hydrogen) atoms. The van der Waals surface area contributed by atoms with E-state index in [0.717, 1.165) is 12.1 Å². The van der Waals surface area contributed by atoms with E-state index in [9.17, 15) is 29.8 Å². The molecule has 1 heterocycles. The summed E-state index contributed by atoms with van der Waals surface area (Å²) in [5.74, 6) is -2.35. The number of nitro benzene ring substituents is 2. The molecule has 10 nitrogen and oxygen atoms in total. The number of nitrogens with zero attached hydrogens (tertiary/aromatic N) is 4. The number of carbonyl (C=O) groups is 2. The summed E-state index contributed by atoms with van der Waals surface area (Å²) >= 11 is 0. The van der Waals surface area contributed by atoms with Gasteiger partial charge in [-0.3, -0.25) is 29.8 Å². The Morgan fingerprint density at radius 1 is 0.842 bits per heavy atom. The molecule has 0 saturated heterocycles. The molecule has 0 aromatic heterocycles. The Morgan fingerprint density at radius 3 is 1.42 bits per heavy atom. The second kappa shape index (κ2) is 4.97. The predicted molar refractivity (Wildman–Crippen MR) is 62.4 cm³/mol. The lowest BCUT2D eigenvalue weighted by Crippen LogP contribution is -2.34. The first-order chi connectivity index (χ1) is 8.40. The van der Waals surface area contributed by atoms with E-state index in [1.54, 1.807) is 0 Å². The topological polar surface area (TPSA) is 145 Å². The fourth-order valence-corrected chi connectivity index (χ4v) is 1.34. The van der Waals surface area contributed by atoms with Gasteiger partial charge < -0.3 is 0 Å². The second-order valence-corrected chi connectivity index (χ2v) is 3.18. The normalized spacial score (nSPS) is 12.6. The predicted octanol–water partition coefficient (Wildman–Crippen LogP) is -0.613. The van der Waals surface area contributed by atoms with Crippen molar-refractivity contribution in [2.24, 2.45) is 9.98 Å². The standard InChI is InChI=1S/C8H2N4O6.BrH/c13-7-8(14)10-4-2-6(12(17)18)5(11(15)16)1-3(4)9-7;/h1-2H;1H. The van der Waals surface area contributed by atoms with Crippen LogP contribution < -0.4 is 10.7 Å². The van der Waals surface area contributed by atoms with Crippen molar-refractivity contribution in [1.29, 1.82) is 0 Å². The molecule has 1 aromatic rings. The van der Waals surface area contributed by atoms with Crippen molar-refractivity contribution in [2.75, 3.05) is 0 Å². The van der Waals surface area contributed by atoms with E-state index in [1.165, 1.54) is 0 Å². The number of rotatable bonds is 2. The van der Waals surface area contributed by atoms with Gasteiger partial charge in [-0.1, -0.05) is 0 Å². The Kier molecular flexibility index (Phi) is 3.80. The Labute approximate surface area is 113 Å². The van der Waals surface area contributed by atoms with Crippen LogP contribution in [0.3, 0.4) is 0 Å². The average Bonchev–Trinajstić information content (AvgIpc) is 2.28. The van der Waals surface area contributed by atoms with E-state index in [-0.39, 0.29) is 27.7 Å². The van der Waals surface area contributed by atoms with Gasteiger partial charge in [0.2, 0.25) is 0 Å². The number of hydrogen-bond acceptors (Lipinski definition) is 6. The van der Waals surface area contributed by atoms with Gasteiger partial charge in [-0.2, -0.15) is 0 Å². The molecule has 0 N–H and O–H groups in total. The highest BCUT2D eigenvalue weighted by molar-refractivity contribution is 8.93. The minimum atomic E-state index is -1.18. The first-order valence-corrected chi connectivity index (χ1v) is 4.38. The number of carbonyl (C=O) groups excluding carboxylic acids is 2. The van der Waals surface area contributed by atoms with E-state index in [2.05, 4.69) is 9.98 Å². The highest BCUT2D eigenvalue weighted by Gasteiger charge is 2.27. The van der Waals surface area contributed by atoms with Crippen LogP contribution in [0, 0.1) is 20.2 Å². The van der Waals surface area contributed by atoms with Gasteiger partial charge in [0.25, 0.3) is 0 Å². The van der Waals surface area contributed by atoms with Gasteiger partial charge in [0.1, 0.15) is 10.7 Å². The maximum Gasteiger partial charge on any atom is 0.348 e. The van der Waals surface area contributed by atoms with E-state index in [1.807, 2.05) is 0 Å². The minimum absolute atomic E-state index is 0. The van der Waals surface area contributed by atoms with Crippen LogP contribution in [0.5, 0.6) is 0 Å². The van der Waals surface area contributed by atoms with Crippen LogP contribution in [0.25, 0.3) is 0 Å². The summed E-state index contributed by atoms with van der Waals surface area (Å²) in [6, 6.07) is 1.47. The largest absolute Gasteiger partial charge is 0.348 e. The Balaban J connectivity index is 0.00000180. The molecule has 0 spiro atoms. The van der Waals surface area contributed by atoms with Gasteiger partial charge in [-0.15, -0.1) is 17.0 Å². The smallest absolute Gasteiger partial charge is 0.261 e. The van der Waals surface area contributed by atoms with Crippen molar-refractivity contribution < 1.29 is 19.4 Å². The Hall–Kier alpha value is -2.56. The van der Waals surface area contributed by atoms with Crippen LogP contribution >= 0.6 is 17.0 Å². The number of amides is 2. The third-order valence-corrected chi connectivity index (χ3v) is 2.09. The molecule has 0 aliphatic carbocycles. The zero-order valence-corrected chi connectivity index (χ0v) is 10.5. The molecule has 2 amide bonds. The molecule has 1 aliphatic heterocycles. The quantitative estimate of drug-likeness (QED) is 0.401. The minimum Gasteiger partial charge on any atom is -0.261 e. The molecule has 0 saturated carbocycles. The average molecular weight is 331 g/mol. The number of halogens is 1. The summed E-state index contributed by atoms with van der Waals surface area (Å²) in [6.07, 6.45) is 0. The molecule has 98 valence electrons. The summed E-state index contributed by atoms with van der Waals surface area (Å²) in [7, 11) is 0. The van der Waals surface area contributed by atoms with Crippen LogP contribution in [0.2, 0.25) is 0 Å². The molecule has 0 radical (unpaired) electrons. The lowest BCUT2D eigenvalue weighted by molar-refractivity contribution is -0.422. The molecule has 0 atom stereocenters. The highest BCUT2D eigenvalue weighted by atomic mass is 79.9. The summed E-state index contributed by atoms with van der Waals surface area (Å²) < 4.78 is 0. The number of nitro groups is 2. The molecule has 0 unspecified atom stereocenters. The summed E-state index contributed by atoms with van der Waals surface area (Å²) in [5.41, 5.74) is -1.64. The van der Waals surface area contributed by atoms with Crippen LogP contribution in [0.1, 0.15) is 0 Å². The van der Waals surface area contributed by atoms with Crippen molar-refractivity contribution in [3.05, 3.63) is 43.1 Å². The van der Waals surface area contributed by atoms with Crippen LogP contribution in [-0.2, 0) is 9.59 Å². The van der Waals surface area contributed by atoms with Crippen molar-refractivity contribution in [2.45, 2.75) is 0 Å². The summed E-state index contributed by atoms with van der Waals surface area (Å²) in [6.45, 7) is 0. The van der Waals surface area contributed by atoms with Gasteiger partial charge in [-0.25, -0.2) is 9.98 Å². The molecule has 1 aromatic carbocycles. The zero-order valence-electron chi connectivity index (χ0n) is 8.80. The number of benzene rings is 1. The maximum absolute atomic E-state index is 10.9. The fourth-order valence-electron chi connectivity index (χ4n) is 1.34. The van der Waals surface area contributed by atoms with Crippen LogP contribution in [-0.4, -0.2) is 21.7 Å². The first kappa shape index (κ1) is 14.5. The second-order valence-electron chi connectivity index (χ2n) is 3.18. The van der Waals surface area contributed by atoms with Crippen LogP contribution in [0.15, 0.2) is 22.1 Å². The molecule has 11 heteroatoms. The lowest BCUT2D eigenvalue weighted by Gasteiger charge is -1.98. The van der Waals surface area contributed by atoms with Crippen LogP contribution in [0.4, 0.5) is 11.4 Å². The van der Waals surface area contributed by atoms with Crippen molar-refractivity contribution in [3.63, 3.8) is 0 Å². The number of fused-ring (bicyclic) bond motifs is 1. The van der Waals surface area contributed by atoms with Crippen molar-refractivity contribution in [3.8, 4) is 0 Å². The van der Waals surface area contributed by atoms with Crippen molar-refractivity contribution >= 4 is 40.2 Å². The molecule has 1 aliphatic rings. The molecular weight excluding hydrogens is 328 g/mol. The summed E-state index contributed by atoms with van der Waals surface area (Å²) in [5, 5.41) is 20.8. The molecule has 2 rings (SSSR count). The van der Waals surface area contributed by atoms with Gasteiger partial charge >= 0.3 is 23.2 Å². The van der Waals surface area contributed by atoms with Crippen molar-refractivity contribution in [1.82, 2.24) is 0 Å². The third-order valence-electron chi connectivity index (χ3n) is 2.09. The Bertz CT molecular complexity index is 679. The monoisotopic (exact) mass is 330 g/mol. The van der Waals surface area contributed by atoms with E-state index in [0.29, 0.717) is 0 Å². The highest BCUT2D eigenvalue weighted by Crippen LogP contribution is 2.22. The first-order valence-electron chi connectivity index (χ1n) is 4.38. The molecule has 0 bridgehead atoms. The van der Waals surface area contributed by atoms with E-state index in [4.69, 9.17) is 0 Å². The SMILES string of the molecule is Br.O=C1N=c2cc([N+](=O)[O-])c([N+](=O)[O-])cc2=NC1=O. The fraction of sp³-hybridized carbons (Fsp3) is 0. The summed E-state index contributed by atoms with van der Waals surface area (Å²) in [4.78, 5) is 47.7. The van der Waals surface area contributed by atoms with E-state index >= 15 is 0 Å². The van der Waals surface area contributed by atoms with Gasteiger partial charge in [0.05, 0.1) is 22.0 Å².